The van der Waals surface area contributed by atoms with Crippen LogP contribution in [0, 0.1) is 0 Å². The summed E-state index contributed by atoms with van der Waals surface area (Å²) in [6.45, 7) is 0. The number of nitrogens with one attached hydrogen (secondary N) is 1. The summed E-state index contributed by atoms with van der Waals surface area (Å²) in [5.41, 5.74) is 7.60. The quantitative estimate of drug-likeness (QED) is 0.651. The van der Waals surface area contributed by atoms with E-state index in [1.54, 1.807) is 36.7 Å². The number of hydrogen-bond acceptors (Lipinski definition) is 4. The molecule has 0 spiro atoms. The largest absolute Gasteiger partial charge is 0.506 e. The molecule has 15 heavy (non-hydrogen) atoms. The first-order chi connectivity index (χ1) is 7.27. The number of nitrogen functional groups attached to an aromatic ring is 1. The summed E-state index contributed by atoms with van der Waals surface area (Å²) in [7, 11) is 0. The van der Waals surface area contributed by atoms with E-state index in [0.717, 1.165) is 5.69 Å². The minimum Gasteiger partial charge on any atom is -0.506 e. The highest BCUT2D eigenvalue weighted by Gasteiger charge is 2.02. The highest BCUT2D eigenvalue weighted by atomic mass is 16.3. The van der Waals surface area contributed by atoms with Gasteiger partial charge in [0.15, 0.2) is 0 Å². The Bertz CT molecular complexity index is 427. The fraction of sp³-hybridized carbons (Fsp3) is 0. The first-order valence-electron chi connectivity index (χ1n) is 4.52. The lowest BCUT2D eigenvalue weighted by molar-refractivity contribution is 0.478. The molecule has 4 heteroatoms. The molecule has 4 N–H and O–H groups in total. The molecule has 76 valence electrons. The van der Waals surface area contributed by atoms with Crippen molar-refractivity contribution in [2.45, 2.75) is 0 Å². The lowest BCUT2D eigenvalue weighted by Crippen LogP contribution is -1.96. The summed E-state index contributed by atoms with van der Waals surface area (Å²) in [5, 5.41) is 12.6. The van der Waals surface area contributed by atoms with Gasteiger partial charge in [0.1, 0.15) is 5.75 Å². The molecule has 0 saturated heterocycles. The van der Waals surface area contributed by atoms with Gasteiger partial charge >= 0.3 is 0 Å². The van der Waals surface area contributed by atoms with Crippen molar-refractivity contribution in [2.75, 3.05) is 11.1 Å². The third-order valence-electron chi connectivity index (χ3n) is 2.03. The Morgan fingerprint density at radius 1 is 1.13 bits per heavy atom. The van der Waals surface area contributed by atoms with Gasteiger partial charge in [-0.1, -0.05) is 12.1 Å². The molecule has 1 aromatic carbocycles. The van der Waals surface area contributed by atoms with Crippen molar-refractivity contribution >= 4 is 17.1 Å². The summed E-state index contributed by atoms with van der Waals surface area (Å²) in [6.07, 6.45) is 3.20. The van der Waals surface area contributed by atoms with Gasteiger partial charge in [0.05, 0.1) is 23.3 Å². The van der Waals surface area contributed by atoms with Gasteiger partial charge in [-0.15, -0.1) is 0 Å². The number of anilines is 3. The number of phenols is 1. The van der Waals surface area contributed by atoms with Crippen LogP contribution in [0.1, 0.15) is 0 Å². The standard InChI is InChI=1S/C11H11N3O/c12-8-7-13-6-5-9(8)14-10-3-1-2-4-11(10)15/h1-7,15H,12H2,(H,13,14). The SMILES string of the molecule is Nc1cnccc1Nc1ccccc1O. The van der Waals surface area contributed by atoms with Gasteiger partial charge in [0.2, 0.25) is 0 Å². The maximum Gasteiger partial charge on any atom is 0.139 e. The van der Waals surface area contributed by atoms with E-state index in [-0.39, 0.29) is 5.75 Å². The second-order valence-corrected chi connectivity index (χ2v) is 3.11. The molecule has 0 fully saturated rings. The Morgan fingerprint density at radius 3 is 2.67 bits per heavy atom. The topological polar surface area (TPSA) is 71.2 Å². The molecule has 1 heterocycles. The maximum atomic E-state index is 9.54. The number of hydrogen-bond donors (Lipinski definition) is 3. The Hall–Kier alpha value is -2.23. The van der Waals surface area contributed by atoms with Crippen molar-refractivity contribution in [2.24, 2.45) is 0 Å². The van der Waals surface area contributed by atoms with E-state index in [9.17, 15) is 5.11 Å². The summed E-state index contributed by atoms with van der Waals surface area (Å²) in [5.74, 6) is 0.189. The molecule has 0 atom stereocenters. The van der Waals surface area contributed by atoms with Crippen molar-refractivity contribution < 1.29 is 5.11 Å². The Morgan fingerprint density at radius 2 is 1.93 bits per heavy atom. The number of nitrogens with two attached hydrogens (primary N) is 1. The van der Waals surface area contributed by atoms with Gasteiger partial charge in [-0.05, 0) is 18.2 Å². The molecule has 2 aromatic rings. The van der Waals surface area contributed by atoms with Crippen LogP contribution in [0.25, 0.3) is 0 Å². The summed E-state index contributed by atoms with van der Waals surface area (Å²) < 4.78 is 0. The molecule has 0 radical (unpaired) electrons. The lowest BCUT2D eigenvalue weighted by atomic mass is 10.2. The van der Waals surface area contributed by atoms with Crippen LogP contribution >= 0.6 is 0 Å². The number of aromatic hydroxyl groups is 1. The van der Waals surface area contributed by atoms with E-state index in [1.165, 1.54) is 0 Å². The average molecular weight is 201 g/mol. The second-order valence-electron chi connectivity index (χ2n) is 3.11. The molecule has 0 aliphatic heterocycles. The molecule has 0 unspecified atom stereocenters. The highest BCUT2D eigenvalue weighted by Crippen LogP contribution is 2.27. The zero-order valence-electron chi connectivity index (χ0n) is 8.01. The molecule has 0 saturated carbocycles. The summed E-state index contributed by atoms with van der Waals surface area (Å²) in [4.78, 5) is 3.88. The van der Waals surface area contributed by atoms with E-state index in [2.05, 4.69) is 10.3 Å². The van der Waals surface area contributed by atoms with Crippen LogP contribution in [-0.2, 0) is 0 Å². The number of pyridine rings is 1. The minimum absolute atomic E-state index is 0.189. The zero-order chi connectivity index (χ0) is 10.7. The van der Waals surface area contributed by atoms with Gasteiger partial charge < -0.3 is 16.2 Å². The monoisotopic (exact) mass is 201 g/mol. The predicted molar refractivity (Wildman–Crippen MR) is 60.0 cm³/mol. The third-order valence-corrected chi connectivity index (χ3v) is 2.03. The number of nitrogens with zero attached hydrogens (tertiary/aromatic N) is 1. The minimum atomic E-state index is 0.189. The summed E-state index contributed by atoms with van der Waals surface area (Å²) in [6, 6.07) is 8.73. The van der Waals surface area contributed by atoms with E-state index in [1.807, 2.05) is 6.07 Å². The Labute approximate surface area is 87.4 Å². The van der Waals surface area contributed by atoms with Crippen LogP contribution in [0.4, 0.5) is 17.1 Å². The smallest absolute Gasteiger partial charge is 0.139 e. The number of benzene rings is 1. The van der Waals surface area contributed by atoms with E-state index in [4.69, 9.17) is 5.73 Å². The van der Waals surface area contributed by atoms with Crippen LogP contribution in [-0.4, -0.2) is 10.1 Å². The van der Waals surface area contributed by atoms with Crippen molar-refractivity contribution in [3.63, 3.8) is 0 Å². The maximum absolute atomic E-state index is 9.54. The van der Waals surface area contributed by atoms with Crippen LogP contribution < -0.4 is 11.1 Å². The Balaban J connectivity index is 2.30. The summed E-state index contributed by atoms with van der Waals surface area (Å²) >= 11 is 0. The molecule has 4 nitrogen and oxygen atoms in total. The molecule has 0 bridgehead atoms. The van der Waals surface area contributed by atoms with Gasteiger partial charge in [0, 0.05) is 6.20 Å². The number of phenolic OH excluding ortho intramolecular Hbond substituents is 1. The van der Waals surface area contributed by atoms with E-state index >= 15 is 0 Å². The van der Waals surface area contributed by atoms with Crippen LogP contribution in [0.15, 0.2) is 42.7 Å². The molecular formula is C11H11N3O. The number of rotatable bonds is 2. The lowest BCUT2D eigenvalue weighted by Gasteiger charge is -2.09. The fourth-order valence-corrected chi connectivity index (χ4v) is 1.24. The number of para-hydroxylation sites is 2. The van der Waals surface area contributed by atoms with Crippen molar-refractivity contribution in [3.8, 4) is 5.75 Å². The molecule has 0 aliphatic carbocycles. The third kappa shape index (κ3) is 1.99. The van der Waals surface area contributed by atoms with Crippen LogP contribution in [0.5, 0.6) is 5.75 Å². The van der Waals surface area contributed by atoms with Crippen molar-refractivity contribution in [3.05, 3.63) is 42.7 Å². The molecule has 0 amide bonds. The first-order valence-corrected chi connectivity index (χ1v) is 4.52. The Kier molecular flexibility index (Phi) is 2.41. The van der Waals surface area contributed by atoms with Gasteiger partial charge in [-0.25, -0.2) is 0 Å². The van der Waals surface area contributed by atoms with Crippen molar-refractivity contribution in [1.29, 1.82) is 0 Å². The molecule has 2 rings (SSSR count). The van der Waals surface area contributed by atoms with E-state index < -0.39 is 0 Å². The first kappa shape index (κ1) is 9.33. The molecule has 0 aliphatic rings. The van der Waals surface area contributed by atoms with Crippen LogP contribution in [0.3, 0.4) is 0 Å². The fourth-order valence-electron chi connectivity index (χ4n) is 1.24. The molecule has 1 aromatic heterocycles. The highest BCUT2D eigenvalue weighted by molar-refractivity contribution is 5.74. The van der Waals surface area contributed by atoms with Crippen molar-refractivity contribution in [1.82, 2.24) is 4.98 Å². The normalized spacial score (nSPS) is 9.87. The average Bonchev–Trinajstić information content (AvgIpc) is 2.24. The van der Waals surface area contributed by atoms with Crippen LogP contribution in [0.2, 0.25) is 0 Å². The van der Waals surface area contributed by atoms with E-state index in [0.29, 0.717) is 11.4 Å². The van der Waals surface area contributed by atoms with Gasteiger partial charge in [-0.2, -0.15) is 0 Å². The molecular weight excluding hydrogens is 190 g/mol. The predicted octanol–water partition coefficient (Wildman–Crippen LogP) is 2.11. The zero-order valence-corrected chi connectivity index (χ0v) is 8.01. The van der Waals surface area contributed by atoms with Gasteiger partial charge in [-0.3, -0.25) is 4.98 Å². The second kappa shape index (κ2) is 3.88. The number of aromatic nitrogens is 1. The van der Waals surface area contributed by atoms with Gasteiger partial charge in [0.25, 0.3) is 0 Å².